The number of carboxylic acid groups (broad SMARTS) is 1. The maximum absolute atomic E-state index is 11.4. The second-order valence-electron chi connectivity index (χ2n) is 5.39. The van der Waals surface area contributed by atoms with Crippen molar-refractivity contribution < 1.29 is 19.4 Å². The van der Waals surface area contributed by atoms with Crippen molar-refractivity contribution in [3.8, 4) is 0 Å². The minimum absolute atomic E-state index is 0.0150. The number of anilines is 2. The molecule has 0 bridgehead atoms. The number of hydrogen-bond acceptors (Lipinski definition) is 5. The molecule has 22 heavy (non-hydrogen) atoms. The first-order chi connectivity index (χ1) is 10.4. The van der Waals surface area contributed by atoms with Gasteiger partial charge in [-0.05, 0) is 24.6 Å². The second-order valence-corrected chi connectivity index (χ2v) is 5.39. The molecule has 2 rings (SSSR count). The van der Waals surface area contributed by atoms with E-state index in [0.29, 0.717) is 12.2 Å². The van der Waals surface area contributed by atoms with E-state index in [4.69, 9.17) is 10.5 Å². The van der Waals surface area contributed by atoms with Crippen molar-refractivity contribution in [1.82, 2.24) is 0 Å². The molecule has 0 aliphatic carbocycles. The Morgan fingerprint density at radius 3 is 2.77 bits per heavy atom. The summed E-state index contributed by atoms with van der Waals surface area (Å²) in [5.74, 6) is -1.39. The van der Waals surface area contributed by atoms with Crippen molar-refractivity contribution in [2.45, 2.75) is 25.5 Å². The number of piperidine rings is 1. The molecule has 4 N–H and O–H groups in total. The van der Waals surface area contributed by atoms with Gasteiger partial charge in [0.25, 0.3) is 0 Å². The van der Waals surface area contributed by atoms with Crippen LogP contribution in [0.3, 0.4) is 0 Å². The fraction of sp³-hybridized carbons (Fsp3) is 0.467. The molecule has 0 radical (unpaired) electrons. The van der Waals surface area contributed by atoms with E-state index < -0.39 is 5.97 Å². The molecule has 7 heteroatoms. The molecule has 120 valence electrons. The van der Waals surface area contributed by atoms with Gasteiger partial charge in [-0.25, -0.2) is 4.79 Å². The summed E-state index contributed by atoms with van der Waals surface area (Å²) in [6, 6.07) is 4.95. The van der Waals surface area contributed by atoms with Crippen molar-refractivity contribution in [3.05, 3.63) is 23.8 Å². The first-order valence-corrected chi connectivity index (χ1v) is 7.10. The molecule has 1 saturated heterocycles. The number of benzene rings is 1. The number of nitrogens with two attached hydrogens (primary N) is 1. The van der Waals surface area contributed by atoms with E-state index in [9.17, 15) is 14.7 Å². The van der Waals surface area contributed by atoms with E-state index in [1.54, 1.807) is 25.3 Å². The van der Waals surface area contributed by atoms with Crippen LogP contribution in [0.25, 0.3) is 0 Å². The zero-order chi connectivity index (χ0) is 16.3. The molecule has 0 aromatic heterocycles. The highest BCUT2D eigenvalue weighted by atomic mass is 16.5. The van der Waals surface area contributed by atoms with E-state index in [1.165, 1.54) is 6.92 Å². The zero-order valence-corrected chi connectivity index (χ0v) is 12.7. The summed E-state index contributed by atoms with van der Waals surface area (Å²) in [6.45, 7) is 2.69. The second kappa shape index (κ2) is 6.76. The lowest BCUT2D eigenvalue weighted by Crippen LogP contribution is -2.51. The highest BCUT2D eigenvalue weighted by Crippen LogP contribution is 2.26. The summed E-state index contributed by atoms with van der Waals surface area (Å²) in [5.41, 5.74) is 7.13. The lowest BCUT2D eigenvalue weighted by Gasteiger charge is -2.37. The molecule has 0 spiro atoms. The first-order valence-electron chi connectivity index (χ1n) is 7.10. The standard InChI is InChI=1S/C15H21N3O4/c1-9(19)17-13-4-3-10(7-11(13)15(20)21)18-6-5-12(16)14(8-18)22-2/h3-4,7,12,14H,5-6,8,16H2,1-2H3,(H,17,19)(H,20,21)/t12-,14+/m0/s1. The molecular weight excluding hydrogens is 286 g/mol. The Kier molecular flexibility index (Phi) is 4.99. The van der Waals surface area contributed by atoms with Crippen LogP contribution in [-0.2, 0) is 9.53 Å². The Morgan fingerprint density at radius 1 is 1.45 bits per heavy atom. The van der Waals surface area contributed by atoms with Crippen molar-refractivity contribution >= 4 is 23.3 Å². The van der Waals surface area contributed by atoms with Crippen LogP contribution in [0.1, 0.15) is 23.7 Å². The summed E-state index contributed by atoms with van der Waals surface area (Å²) in [6.07, 6.45) is 0.686. The average molecular weight is 307 g/mol. The molecular formula is C15H21N3O4. The van der Waals surface area contributed by atoms with Crippen LogP contribution in [0.5, 0.6) is 0 Å². The normalized spacial score (nSPS) is 21.5. The van der Waals surface area contributed by atoms with Crippen LogP contribution < -0.4 is 16.0 Å². The van der Waals surface area contributed by atoms with Gasteiger partial charge in [-0.1, -0.05) is 0 Å². The summed E-state index contributed by atoms with van der Waals surface area (Å²) < 4.78 is 5.37. The number of nitrogens with one attached hydrogen (secondary N) is 1. The third kappa shape index (κ3) is 3.55. The Bertz CT molecular complexity index is 576. The van der Waals surface area contributed by atoms with Crippen LogP contribution in [0, 0.1) is 0 Å². The number of nitrogens with zero attached hydrogens (tertiary/aromatic N) is 1. The minimum Gasteiger partial charge on any atom is -0.478 e. The maximum atomic E-state index is 11.4. The van der Waals surface area contributed by atoms with Crippen molar-refractivity contribution in [3.63, 3.8) is 0 Å². The summed E-state index contributed by atoms with van der Waals surface area (Å²) in [7, 11) is 1.62. The third-order valence-electron chi connectivity index (χ3n) is 3.82. The van der Waals surface area contributed by atoms with Gasteiger partial charge in [0.2, 0.25) is 5.91 Å². The molecule has 1 aliphatic rings. The van der Waals surface area contributed by atoms with Crippen molar-refractivity contribution in [2.75, 3.05) is 30.4 Å². The molecule has 1 aromatic carbocycles. The molecule has 1 heterocycles. The summed E-state index contributed by atoms with van der Waals surface area (Å²) in [4.78, 5) is 24.6. The minimum atomic E-state index is -1.08. The molecule has 7 nitrogen and oxygen atoms in total. The number of rotatable bonds is 4. The van der Waals surface area contributed by atoms with Gasteiger partial charge in [0.1, 0.15) is 0 Å². The predicted octanol–water partition coefficient (Wildman–Crippen LogP) is 0.896. The van der Waals surface area contributed by atoms with Gasteiger partial charge in [-0.15, -0.1) is 0 Å². The molecule has 0 unspecified atom stereocenters. The fourth-order valence-corrected chi connectivity index (χ4v) is 2.62. The number of carbonyl (C=O) groups excluding carboxylic acids is 1. The van der Waals surface area contributed by atoms with Crippen LogP contribution in [0.15, 0.2) is 18.2 Å². The van der Waals surface area contributed by atoms with Crippen molar-refractivity contribution in [2.24, 2.45) is 5.73 Å². The van der Waals surface area contributed by atoms with E-state index in [2.05, 4.69) is 5.32 Å². The fourth-order valence-electron chi connectivity index (χ4n) is 2.62. The zero-order valence-electron chi connectivity index (χ0n) is 12.7. The predicted molar refractivity (Wildman–Crippen MR) is 83.3 cm³/mol. The highest BCUT2D eigenvalue weighted by Gasteiger charge is 2.27. The molecule has 2 atom stereocenters. The lowest BCUT2D eigenvalue weighted by molar-refractivity contribution is -0.114. The average Bonchev–Trinajstić information content (AvgIpc) is 2.47. The monoisotopic (exact) mass is 307 g/mol. The number of carboxylic acids is 1. The first kappa shape index (κ1) is 16.3. The number of methoxy groups -OCH3 is 1. The van der Waals surface area contributed by atoms with E-state index in [-0.39, 0.29) is 23.6 Å². The number of carbonyl (C=O) groups is 2. The van der Waals surface area contributed by atoms with Crippen LogP contribution >= 0.6 is 0 Å². The highest BCUT2D eigenvalue weighted by molar-refractivity contribution is 6.00. The third-order valence-corrected chi connectivity index (χ3v) is 3.82. The van der Waals surface area contributed by atoms with E-state index >= 15 is 0 Å². The molecule has 1 aliphatic heterocycles. The number of ether oxygens (including phenoxy) is 1. The molecule has 1 aromatic rings. The number of amides is 1. The van der Waals surface area contributed by atoms with Gasteiger partial charge >= 0.3 is 5.97 Å². The summed E-state index contributed by atoms with van der Waals surface area (Å²) >= 11 is 0. The van der Waals surface area contributed by atoms with Gasteiger partial charge in [0, 0.05) is 38.9 Å². The lowest BCUT2D eigenvalue weighted by atomic mass is 10.0. The van der Waals surface area contributed by atoms with E-state index in [1.807, 2.05) is 4.90 Å². The van der Waals surface area contributed by atoms with Gasteiger partial charge in [-0.2, -0.15) is 0 Å². The van der Waals surface area contributed by atoms with Gasteiger partial charge < -0.3 is 25.8 Å². The molecule has 0 saturated carbocycles. The Balaban J connectivity index is 2.27. The quantitative estimate of drug-likeness (QED) is 0.763. The Hall–Kier alpha value is -2.12. The van der Waals surface area contributed by atoms with Gasteiger partial charge in [-0.3, -0.25) is 4.79 Å². The Morgan fingerprint density at radius 2 is 2.18 bits per heavy atom. The smallest absolute Gasteiger partial charge is 0.337 e. The van der Waals surface area contributed by atoms with Crippen molar-refractivity contribution in [1.29, 1.82) is 0 Å². The number of hydrogen-bond donors (Lipinski definition) is 3. The van der Waals surface area contributed by atoms with Crippen LogP contribution in [0.4, 0.5) is 11.4 Å². The van der Waals surface area contributed by atoms with Gasteiger partial charge in [0.05, 0.1) is 17.4 Å². The largest absolute Gasteiger partial charge is 0.478 e. The SMILES string of the molecule is CO[C@@H]1CN(c2ccc(NC(C)=O)c(C(=O)O)c2)CC[C@@H]1N. The topological polar surface area (TPSA) is 105 Å². The van der Waals surface area contributed by atoms with Gasteiger partial charge in [0.15, 0.2) is 0 Å². The number of aromatic carboxylic acids is 1. The molecule has 1 fully saturated rings. The summed E-state index contributed by atoms with van der Waals surface area (Å²) in [5, 5.41) is 11.9. The molecule has 1 amide bonds. The van der Waals surface area contributed by atoms with Crippen LogP contribution in [-0.4, -0.2) is 49.3 Å². The van der Waals surface area contributed by atoms with E-state index in [0.717, 1.165) is 18.7 Å². The Labute approximate surface area is 129 Å². The maximum Gasteiger partial charge on any atom is 0.337 e. The van der Waals surface area contributed by atoms with Crippen LogP contribution in [0.2, 0.25) is 0 Å².